The number of unbranched alkanes of at least 4 members (excludes halogenated alkanes) is 1. The Morgan fingerprint density at radius 1 is 1.38 bits per heavy atom. The maximum absolute atomic E-state index is 11.2. The second-order valence-corrected chi connectivity index (χ2v) is 4.24. The second-order valence-electron chi connectivity index (χ2n) is 4.24. The van der Waals surface area contributed by atoms with Crippen LogP contribution in [-0.2, 0) is 14.6 Å². The Bertz CT molecular complexity index is 205. The fourth-order valence-electron chi connectivity index (χ4n) is 1.47. The Balaban J connectivity index is 4.28. The Kier molecular flexibility index (Phi) is 7.34. The zero-order chi connectivity index (χ0) is 12.6. The van der Waals surface area contributed by atoms with Gasteiger partial charge in [-0.1, -0.05) is 27.2 Å². The molecule has 2 unspecified atom stereocenters. The van der Waals surface area contributed by atoms with Gasteiger partial charge in [-0.3, -0.25) is 4.79 Å². The van der Waals surface area contributed by atoms with Crippen LogP contribution in [0.2, 0.25) is 0 Å². The first kappa shape index (κ1) is 15.4. The summed E-state index contributed by atoms with van der Waals surface area (Å²) in [5.74, 6) is -0.832. The van der Waals surface area contributed by atoms with E-state index in [1.807, 2.05) is 13.8 Å². The molecule has 0 aliphatic heterocycles. The van der Waals surface area contributed by atoms with Gasteiger partial charge in [-0.2, -0.15) is 0 Å². The van der Waals surface area contributed by atoms with Gasteiger partial charge in [-0.15, -0.1) is 0 Å². The highest BCUT2D eigenvalue weighted by Gasteiger charge is 2.40. The van der Waals surface area contributed by atoms with Crippen LogP contribution in [0.25, 0.3) is 0 Å². The van der Waals surface area contributed by atoms with Crippen LogP contribution in [0.1, 0.15) is 53.4 Å². The van der Waals surface area contributed by atoms with Gasteiger partial charge in [0.05, 0.1) is 12.0 Å². The lowest BCUT2D eigenvalue weighted by Crippen LogP contribution is -2.40. The van der Waals surface area contributed by atoms with Crippen LogP contribution >= 0.6 is 0 Å². The lowest BCUT2D eigenvalue weighted by atomic mass is 9.80. The van der Waals surface area contributed by atoms with E-state index < -0.39 is 17.5 Å². The number of hydrogen-bond donors (Lipinski definition) is 1. The van der Waals surface area contributed by atoms with Crippen molar-refractivity contribution in [1.82, 2.24) is 0 Å². The van der Waals surface area contributed by atoms with E-state index in [4.69, 9.17) is 9.78 Å². The summed E-state index contributed by atoms with van der Waals surface area (Å²) in [6, 6.07) is 0. The second kappa shape index (κ2) is 7.63. The van der Waals surface area contributed by atoms with Crippen molar-refractivity contribution < 1.29 is 19.7 Å². The van der Waals surface area contributed by atoms with E-state index in [-0.39, 0.29) is 0 Å². The van der Waals surface area contributed by atoms with Gasteiger partial charge in [0.2, 0.25) is 0 Å². The van der Waals surface area contributed by atoms with Crippen molar-refractivity contribution in [3.63, 3.8) is 0 Å². The van der Waals surface area contributed by atoms with Gasteiger partial charge in [0, 0.05) is 0 Å². The smallest absolute Gasteiger partial charge is 0.312 e. The number of carboxylic acids is 1. The van der Waals surface area contributed by atoms with Crippen molar-refractivity contribution in [3.05, 3.63) is 0 Å². The van der Waals surface area contributed by atoms with Gasteiger partial charge in [0.15, 0.2) is 0 Å². The monoisotopic (exact) mass is 232 g/mol. The standard InChI is InChI=1S/C12H24O4/c1-5-8-9-15-16-10(6-2)12(4,7-3)11(13)14/h10H,5-9H2,1-4H3,(H,13,14). The molecular formula is C12H24O4. The Morgan fingerprint density at radius 3 is 2.38 bits per heavy atom. The normalized spacial score (nSPS) is 16.8. The summed E-state index contributed by atoms with van der Waals surface area (Å²) < 4.78 is 0. The number of carbonyl (C=O) groups is 1. The van der Waals surface area contributed by atoms with Crippen molar-refractivity contribution in [2.24, 2.45) is 5.41 Å². The summed E-state index contributed by atoms with van der Waals surface area (Å²) in [6.07, 6.45) is 2.71. The molecule has 0 aliphatic carbocycles. The van der Waals surface area contributed by atoms with Crippen LogP contribution in [0, 0.1) is 5.41 Å². The highest BCUT2D eigenvalue weighted by molar-refractivity contribution is 5.74. The topological polar surface area (TPSA) is 55.8 Å². The molecule has 0 aromatic rings. The summed E-state index contributed by atoms with van der Waals surface area (Å²) in [7, 11) is 0. The molecule has 4 heteroatoms. The lowest BCUT2D eigenvalue weighted by molar-refractivity contribution is -0.342. The first-order chi connectivity index (χ1) is 7.52. The molecular weight excluding hydrogens is 208 g/mol. The Hall–Kier alpha value is -0.610. The van der Waals surface area contributed by atoms with Gasteiger partial charge in [0.25, 0.3) is 0 Å². The minimum Gasteiger partial charge on any atom is -0.481 e. The maximum Gasteiger partial charge on any atom is 0.312 e. The Labute approximate surface area is 97.9 Å². The number of aliphatic carboxylic acids is 1. The third-order valence-electron chi connectivity index (χ3n) is 3.07. The predicted octanol–water partition coefficient (Wildman–Crippen LogP) is 3.01. The van der Waals surface area contributed by atoms with Gasteiger partial charge in [-0.05, 0) is 26.2 Å². The van der Waals surface area contributed by atoms with Crippen molar-refractivity contribution in [3.8, 4) is 0 Å². The van der Waals surface area contributed by atoms with E-state index in [1.165, 1.54) is 0 Å². The molecule has 0 amide bonds. The summed E-state index contributed by atoms with van der Waals surface area (Å²) in [4.78, 5) is 21.5. The third kappa shape index (κ3) is 4.10. The summed E-state index contributed by atoms with van der Waals surface area (Å²) in [5, 5.41) is 9.20. The molecule has 0 bridgehead atoms. The van der Waals surface area contributed by atoms with Crippen molar-refractivity contribution in [2.75, 3.05) is 6.61 Å². The fraction of sp³-hybridized carbons (Fsp3) is 0.917. The first-order valence-electron chi connectivity index (χ1n) is 6.04. The molecule has 1 N–H and O–H groups in total. The molecule has 0 aliphatic rings. The van der Waals surface area contributed by atoms with Crippen molar-refractivity contribution in [2.45, 2.75) is 59.5 Å². The molecule has 0 saturated heterocycles. The largest absolute Gasteiger partial charge is 0.481 e. The molecule has 0 rings (SSSR count). The average Bonchev–Trinajstić information content (AvgIpc) is 2.28. The lowest BCUT2D eigenvalue weighted by Gasteiger charge is -2.30. The van der Waals surface area contributed by atoms with Crippen LogP contribution in [0.4, 0.5) is 0 Å². The van der Waals surface area contributed by atoms with E-state index >= 15 is 0 Å². The highest BCUT2D eigenvalue weighted by Crippen LogP contribution is 2.30. The molecule has 0 saturated carbocycles. The molecule has 4 nitrogen and oxygen atoms in total. The van der Waals surface area contributed by atoms with E-state index in [1.54, 1.807) is 6.92 Å². The van der Waals surface area contributed by atoms with E-state index in [0.29, 0.717) is 19.4 Å². The third-order valence-corrected chi connectivity index (χ3v) is 3.07. The fourth-order valence-corrected chi connectivity index (χ4v) is 1.47. The van der Waals surface area contributed by atoms with Gasteiger partial charge < -0.3 is 5.11 Å². The molecule has 0 heterocycles. The number of carboxylic acid groups (broad SMARTS) is 1. The molecule has 0 fully saturated rings. The summed E-state index contributed by atoms with van der Waals surface area (Å²) in [5.41, 5.74) is -0.874. The molecule has 0 aromatic heterocycles. The molecule has 16 heavy (non-hydrogen) atoms. The SMILES string of the molecule is CCCCOOC(CC)C(C)(CC)C(=O)O. The Morgan fingerprint density at radius 2 is 2.00 bits per heavy atom. The van der Waals surface area contributed by atoms with E-state index in [2.05, 4.69) is 6.92 Å². The molecule has 0 spiro atoms. The molecule has 2 atom stereocenters. The van der Waals surface area contributed by atoms with Crippen molar-refractivity contribution in [1.29, 1.82) is 0 Å². The van der Waals surface area contributed by atoms with Crippen LogP contribution in [-0.4, -0.2) is 23.8 Å². The minimum absolute atomic E-state index is 0.396. The quantitative estimate of drug-likeness (QED) is 0.377. The number of hydrogen-bond acceptors (Lipinski definition) is 3. The van der Waals surface area contributed by atoms with Crippen LogP contribution < -0.4 is 0 Å². The summed E-state index contributed by atoms with van der Waals surface area (Å²) in [6.45, 7) is 8.05. The van der Waals surface area contributed by atoms with Crippen LogP contribution in [0.15, 0.2) is 0 Å². The minimum atomic E-state index is -0.874. The molecule has 0 aromatic carbocycles. The van der Waals surface area contributed by atoms with E-state index in [0.717, 1.165) is 12.8 Å². The zero-order valence-electron chi connectivity index (χ0n) is 10.8. The molecule has 96 valence electrons. The predicted molar refractivity (Wildman–Crippen MR) is 62.1 cm³/mol. The van der Waals surface area contributed by atoms with Gasteiger partial charge in [0.1, 0.15) is 6.10 Å². The van der Waals surface area contributed by atoms with Gasteiger partial charge >= 0.3 is 5.97 Å². The zero-order valence-corrected chi connectivity index (χ0v) is 10.8. The van der Waals surface area contributed by atoms with Crippen LogP contribution in [0.5, 0.6) is 0 Å². The molecule has 0 radical (unpaired) electrons. The van der Waals surface area contributed by atoms with Crippen LogP contribution in [0.3, 0.4) is 0 Å². The van der Waals surface area contributed by atoms with E-state index in [9.17, 15) is 9.90 Å². The highest BCUT2D eigenvalue weighted by atomic mass is 17.2. The first-order valence-corrected chi connectivity index (χ1v) is 6.04. The van der Waals surface area contributed by atoms with Crippen molar-refractivity contribution >= 4 is 5.97 Å². The maximum atomic E-state index is 11.2. The number of rotatable bonds is 9. The van der Waals surface area contributed by atoms with Gasteiger partial charge in [-0.25, -0.2) is 9.78 Å². The summed E-state index contributed by atoms with van der Waals surface area (Å²) >= 11 is 0. The average molecular weight is 232 g/mol.